The van der Waals surface area contributed by atoms with Crippen molar-refractivity contribution in [3.8, 4) is 17.2 Å². The van der Waals surface area contributed by atoms with E-state index in [-0.39, 0.29) is 11.5 Å². The molecular weight excluding hydrogens is 257 g/mol. The maximum Gasteiger partial charge on any atom is 0.419 e. The number of hydrogen-bond donors (Lipinski definition) is 0. The van der Waals surface area contributed by atoms with E-state index < -0.39 is 11.7 Å². The highest BCUT2D eigenvalue weighted by Crippen LogP contribution is 2.38. The summed E-state index contributed by atoms with van der Waals surface area (Å²) in [5, 5.41) is 0. The predicted molar refractivity (Wildman–Crippen MR) is 64.5 cm³/mol. The molecule has 0 saturated carbocycles. The minimum absolute atomic E-state index is 0.233. The average molecular weight is 268 g/mol. The van der Waals surface area contributed by atoms with Crippen LogP contribution in [0.2, 0.25) is 0 Å². The lowest BCUT2D eigenvalue weighted by atomic mass is 10.2. The third kappa shape index (κ3) is 3.19. The van der Waals surface area contributed by atoms with Crippen LogP contribution in [-0.2, 0) is 6.18 Å². The summed E-state index contributed by atoms with van der Waals surface area (Å²) in [4.78, 5) is 0. The third-order valence-corrected chi connectivity index (χ3v) is 2.46. The van der Waals surface area contributed by atoms with Crippen molar-refractivity contribution in [1.29, 1.82) is 0 Å². The van der Waals surface area contributed by atoms with E-state index in [0.29, 0.717) is 5.75 Å². The summed E-state index contributed by atoms with van der Waals surface area (Å²) in [6.07, 6.45) is -4.45. The number of methoxy groups -OCH3 is 1. The van der Waals surface area contributed by atoms with Gasteiger partial charge in [-0.3, -0.25) is 0 Å². The van der Waals surface area contributed by atoms with Crippen LogP contribution in [0.5, 0.6) is 17.2 Å². The van der Waals surface area contributed by atoms with E-state index in [1.54, 1.807) is 18.2 Å². The molecule has 0 aliphatic carbocycles. The van der Waals surface area contributed by atoms with Gasteiger partial charge in [-0.25, -0.2) is 0 Å². The van der Waals surface area contributed by atoms with E-state index in [4.69, 9.17) is 9.47 Å². The van der Waals surface area contributed by atoms with Crippen LogP contribution in [0.1, 0.15) is 5.56 Å². The minimum atomic E-state index is -4.45. The molecule has 0 unspecified atom stereocenters. The smallest absolute Gasteiger partial charge is 0.419 e. The second-order valence-electron chi connectivity index (χ2n) is 3.77. The molecule has 0 aromatic heterocycles. The Balaban J connectivity index is 2.33. The fourth-order valence-electron chi connectivity index (χ4n) is 1.58. The lowest BCUT2D eigenvalue weighted by Gasteiger charge is -2.13. The van der Waals surface area contributed by atoms with Crippen molar-refractivity contribution in [3.05, 3.63) is 54.1 Å². The van der Waals surface area contributed by atoms with Crippen molar-refractivity contribution in [1.82, 2.24) is 0 Å². The first kappa shape index (κ1) is 13.3. The largest absolute Gasteiger partial charge is 0.497 e. The number of hydrogen-bond acceptors (Lipinski definition) is 2. The Labute approximate surface area is 108 Å². The van der Waals surface area contributed by atoms with Crippen LogP contribution in [0, 0.1) is 0 Å². The molecule has 0 atom stereocenters. The Morgan fingerprint density at radius 3 is 2.26 bits per heavy atom. The molecule has 5 heteroatoms. The van der Waals surface area contributed by atoms with Gasteiger partial charge in [0.15, 0.2) is 0 Å². The molecule has 0 aliphatic rings. The highest BCUT2D eigenvalue weighted by Gasteiger charge is 2.34. The number of ether oxygens (including phenoxy) is 2. The Kier molecular flexibility index (Phi) is 3.64. The Morgan fingerprint density at radius 2 is 1.58 bits per heavy atom. The average Bonchev–Trinajstić information content (AvgIpc) is 2.38. The standard InChI is InChI=1S/C14H11F3O2/c1-18-10-5-4-6-11(9-10)19-13-8-3-2-7-12(13)14(15,16)17/h2-9H,1H3. The lowest BCUT2D eigenvalue weighted by molar-refractivity contribution is -0.138. The van der Waals surface area contributed by atoms with E-state index in [2.05, 4.69) is 0 Å². The number of alkyl halides is 3. The molecule has 0 amide bonds. The van der Waals surface area contributed by atoms with Crippen molar-refractivity contribution < 1.29 is 22.6 Å². The molecule has 100 valence electrons. The van der Waals surface area contributed by atoms with Crippen LogP contribution in [-0.4, -0.2) is 7.11 Å². The minimum Gasteiger partial charge on any atom is -0.497 e. The number of para-hydroxylation sites is 1. The van der Waals surface area contributed by atoms with Gasteiger partial charge in [0.2, 0.25) is 0 Å². The number of benzene rings is 2. The Morgan fingerprint density at radius 1 is 0.895 bits per heavy atom. The fourth-order valence-corrected chi connectivity index (χ4v) is 1.58. The fraction of sp³-hybridized carbons (Fsp3) is 0.143. The molecule has 0 aliphatic heterocycles. The monoisotopic (exact) mass is 268 g/mol. The molecule has 0 N–H and O–H groups in total. The highest BCUT2D eigenvalue weighted by atomic mass is 19.4. The first-order chi connectivity index (χ1) is 9.00. The van der Waals surface area contributed by atoms with Crippen LogP contribution in [0.15, 0.2) is 48.5 Å². The van der Waals surface area contributed by atoms with Crippen molar-refractivity contribution in [2.24, 2.45) is 0 Å². The van der Waals surface area contributed by atoms with Crippen LogP contribution in [0.4, 0.5) is 13.2 Å². The van der Waals surface area contributed by atoms with E-state index in [0.717, 1.165) is 6.07 Å². The normalized spacial score (nSPS) is 11.2. The predicted octanol–water partition coefficient (Wildman–Crippen LogP) is 4.51. The van der Waals surface area contributed by atoms with Gasteiger partial charge in [-0.1, -0.05) is 18.2 Å². The van der Waals surface area contributed by atoms with Crippen molar-refractivity contribution in [2.75, 3.05) is 7.11 Å². The molecule has 0 heterocycles. The molecule has 0 bridgehead atoms. The molecule has 2 nitrogen and oxygen atoms in total. The van der Waals surface area contributed by atoms with Gasteiger partial charge in [0, 0.05) is 6.07 Å². The van der Waals surface area contributed by atoms with Gasteiger partial charge in [-0.15, -0.1) is 0 Å². The van der Waals surface area contributed by atoms with Crippen molar-refractivity contribution in [3.63, 3.8) is 0 Å². The van der Waals surface area contributed by atoms with Gasteiger partial charge >= 0.3 is 6.18 Å². The molecule has 2 aromatic rings. The van der Waals surface area contributed by atoms with Gasteiger partial charge in [0.05, 0.1) is 12.7 Å². The maximum absolute atomic E-state index is 12.8. The molecule has 0 saturated heterocycles. The third-order valence-electron chi connectivity index (χ3n) is 2.46. The zero-order valence-corrected chi connectivity index (χ0v) is 10.1. The molecule has 2 aromatic carbocycles. The Hall–Kier alpha value is -2.17. The van der Waals surface area contributed by atoms with Gasteiger partial charge in [-0.05, 0) is 24.3 Å². The van der Waals surface area contributed by atoms with Gasteiger partial charge in [0.25, 0.3) is 0 Å². The van der Waals surface area contributed by atoms with Gasteiger partial charge < -0.3 is 9.47 Å². The van der Waals surface area contributed by atoms with E-state index in [9.17, 15) is 13.2 Å². The zero-order chi connectivity index (χ0) is 13.9. The SMILES string of the molecule is COc1cccc(Oc2ccccc2C(F)(F)F)c1. The molecular formula is C14H11F3O2. The summed E-state index contributed by atoms with van der Waals surface area (Å²) in [7, 11) is 1.47. The molecule has 0 spiro atoms. The van der Waals surface area contributed by atoms with E-state index in [1.807, 2.05) is 0 Å². The molecule has 19 heavy (non-hydrogen) atoms. The second-order valence-corrected chi connectivity index (χ2v) is 3.77. The van der Waals surface area contributed by atoms with Crippen LogP contribution in [0.25, 0.3) is 0 Å². The summed E-state index contributed by atoms with van der Waals surface area (Å²) >= 11 is 0. The van der Waals surface area contributed by atoms with E-state index >= 15 is 0 Å². The van der Waals surface area contributed by atoms with Gasteiger partial charge in [0.1, 0.15) is 17.2 Å². The van der Waals surface area contributed by atoms with Crippen LogP contribution in [0.3, 0.4) is 0 Å². The summed E-state index contributed by atoms with van der Waals surface area (Å²) in [5.74, 6) is 0.571. The molecule has 2 rings (SSSR count). The van der Waals surface area contributed by atoms with E-state index in [1.165, 1.54) is 31.4 Å². The Bertz CT molecular complexity index is 565. The quantitative estimate of drug-likeness (QED) is 0.815. The second kappa shape index (κ2) is 5.22. The summed E-state index contributed by atoms with van der Waals surface area (Å²) < 4.78 is 48.6. The zero-order valence-electron chi connectivity index (χ0n) is 10.1. The summed E-state index contributed by atoms with van der Waals surface area (Å²) in [5.41, 5.74) is -0.808. The first-order valence-electron chi connectivity index (χ1n) is 5.49. The highest BCUT2D eigenvalue weighted by molar-refractivity contribution is 5.41. The molecule has 0 radical (unpaired) electrons. The maximum atomic E-state index is 12.8. The van der Waals surface area contributed by atoms with Crippen molar-refractivity contribution >= 4 is 0 Å². The lowest BCUT2D eigenvalue weighted by Crippen LogP contribution is -2.06. The van der Waals surface area contributed by atoms with Crippen LogP contribution >= 0.6 is 0 Å². The van der Waals surface area contributed by atoms with Crippen LogP contribution < -0.4 is 9.47 Å². The van der Waals surface area contributed by atoms with Gasteiger partial charge in [-0.2, -0.15) is 13.2 Å². The van der Waals surface area contributed by atoms with Crippen molar-refractivity contribution in [2.45, 2.75) is 6.18 Å². The topological polar surface area (TPSA) is 18.5 Å². The number of halogens is 3. The summed E-state index contributed by atoms with van der Waals surface area (Å²) in [6.45, 7) is 0. The summed E-state index contributed by atoms with van der Waals surface area (Å²) in [6, 6.07) is 11.5. The molecule has 0 fully saturated rings. The number of rotatable bonds is 3. The first-order valence-corrected chi connectivity index (χ1v) is 5.49.